The normalized spacial score (nSPS) is 14.6. The van der Waals surface area contributed by atoms with Crippen molar-refractivity contribution in [3.8, 4) is 11.4 Å². The maximum atomic E-state index is 13.4. The molecule has 2 aromatic heterocycles. The molecule has 0 amide bonds. The first-order valence-corrected chi connectivity index (χ1v) is 9.40. The second-order valence-corrected chi connectivity index (χ2v) is 7.34. The summed E-state index contributed by atoms with van der Waals surface area (Å²) in [4.78, 5) is 25.4. The van der Waals surface area contributed by atoms with Gasteiger partial charge in [0.2, 0.25) is 0 Å². The van der Waals surface area contributed by atoms with Crippen LogP contribution in [0.3, 0.4) is 0 Å². The number of benzene rings is 1. The lowest BCUT2D eigenvalue weighted by Crippen LogP contribution is -2.35. The van der Waals surface area contributed by atoms with Crippen molar-refractivity contribution < 1.29 is 17.6 Å². The van der Waals surface area contributed by atoms with Gasteiger partial charge in [-0.15, -0.1) is 0 Å². The molecule has 0 atom stereocenters. The summed E-state index contributed by atoms with van der Waals surface area (Å²) in [6.07, 6.45) is -2.93. The number of fused-ring (bicyclic) bond motifs is 1. The van der Waals surface area contributed by atoms with E-state index in [1.165, 1.54) is 18.2 Å². The van der Waals surface area contributed by atoms with Crippen LogP contribution in [-0.4, -0.2) is 26.4 Å². The van der Waals surface area contributed by atoms with Gasteiger partial charge in [-0.25, -0.2) is 14.4 Å². The summed E-state index contributed by atoms with van der Waals surface area (Å²) in [5, 5.41) is 0.201. The number of aromatic amines is 1. The van der Waals surface area contributed by atoms with Crippen LogP contribution in [0.4, 0.5) is 17.6 Å². The summed E-state index contributed by atoms with van der Waals surface area (Å²) in [6, 6.07) is 5.77. The van der Waals surface area contributed by atoms with E-state index in [2.05, 4.69) is 15.0 Å². The van der Waals surface area contributed by atoms with Gasteiger partial charge in [0, 0.05) is 37.2 Å². The first kappa shape index (κ1) is 20.5. The van der Waals surface area contributed by atoms with Crippen molar-refractivity contribution >= 4 is 11.6 Å². The lowest BCUT2D eigenvalue weighted by molar-refractivity contribution is -0.137. The Balaban J connectivity index is 1.57. The fourth-order valence-electron chi connectivity index (χ4n) is 3.39. The van der Waals surface area contributed by atoms with Gasteiger partial charge in [0.15, 0.2) is 0 Å². The van der Waals surface area contributed by atoms with E-state index in [0.717, 1.165) is 18.3 Å². The Morgan fingerprint density at radius 3 is 2.63 bits per heavy atom. The van der Waals surface area contributed by atoms with Crippen LogP contribution in [0.2, 0.25) is 5.15 Å². The maximum Gasteiger partial charge on any atom is 0.416 e. The van der Waals surface area contributed by atoms with Gasteiger partial charge < -0.3 is 4.98 Å². The summed E-state index contributed by atoms with van der Waals surface area (Å²) < 4.78 is 51.7. The molecular formula is C20H15ClF4N4O. The van der Waals surface area contributed by atoms with Crippen LogP contribution < -0.4 is 5.56 Å². The molecule has 1 aliphatic heterocycles. The number of nitrogens with one attached hydrogen (secondary N) is 1. The number of alkyl halides is 3. The Morgan fingerprint density at radius 2 is 1.93 bits per heavy atom. The molecule has 0 spiro atoms. The van der Waals surface area contributed by atoms with Crippen LogP contribution >= 0.6 is 11.6 Å². The molecule has 0 fully saturated rings. The lowest BCUT2D eigenvalue weighted by Gasteiger charge is -2.27. The SMILES string of the molecule is O=c1[nH]c(-c2ccc(C(F)(F)F)cc2)nc2c1CN(Cc1cc(F)cnc1Cl)CC2. The Morgan fingerprint density at radius 1 is 1.20 bits per heavy atom. The van der Waals surface area contributed by atoms with E-state index >= 15 is 0 Å². The minimum Gasteiger partial charge on any atom is -0.306 e. The topological polar surface area (TPSA) is 61.9 Å². The molecule has 4 rings (SSSR count). The molecule has 1 aliphatic rings. The van der Waals surface area contributed by atoms with Gasteiger partial charge >= 0.3 is 6.18 Å². The van der Waals surface area contributed by atoms with Gasteiger partial charge in [-0.2, -0.15) is 13.2 Å². The first-order valence-electron chi connectivity index (χ1n) is 9.02. The fraction of sp³-hybridized carbons (Fsp3) is 0.250. The van der Waals surface area contributed by atoms with Gasteiger partial charge in [-0.1, -0.05) is 23.7 Å². The molecule has 30 heavy (non-hydrogen) atoms. The smallest absolute Gasteiger partial charge is 0.306 e. The Hall–Kier alpha value is -2.78. The largest absolute Gasteiger partial charge is 0.416 e. The highest BCUT2D eigenvalue weighted by atomic mass is 35.5. The van der Waals surface area contributed by atoms with E-state index in [0.29, 0.717) is 41.9 Å². The van der Waals surface area contributed by atoms with Crippen LogP contribution in [0, 0.1) is 5.82 Å². The van der Waals surface area contributed by atoms with Crippen LogP contribution in [0.1, 0.15) is 22.4 Å². The van der Waals surface area contributed by atoms with Crippen molar-refractivity contribution in [2.45, 2.75) is 25.7 Å². The third kappa shape index (κ3) is 4.22. The molecule has 10 heteroatoms. The summed E-state index contributed by atoms with van der Waals surface area (Å²) in [6.45, 7) is 1.17. The molecule has 0 bridgehead atoms. The Bertz CT molecular complexity index is 1150. The van der Waals surface area contributed by atoms with E-state index in [-0.39, 0.29) is 23.1 Å². The molecule has 0 saturated carbocycles. The van der Waals surface area contributed by atoms with E-state index in [4.69, 9.17) is 11.6 Å². The standard InChI is InChI=1S/C20H15ClF4N4O/c21-17-12(7-14(22)8-26-17)9-29-6-5-16-15(10-29)19(30)28-18(27-16)11-1-3-13(4-2-11)20(23,24)25/h1-4,7-8H,5-6,9-10H2,(H,27,28,30). The van der Waals surface area contributed by atoms with Crippen LogP contribution in [0.5, 0.6) is 0 Å². The second-order valence-electron chi connectivity index (χ2n) is 6.98. The summed E-state index contributed by atoms with van der Waals surface area (Å²) in [7, 11) is 0. The van der Waals surface area contributed by atoms with E-state index < -0.39 is 17.6 Å². The molecule has 1 aromatic carbocycles. The second kappa shape index (κ2) is 7.81. The van der Waals surface area contributed by atoms with E-state index in [1.54, 1.807) is 0 Å². The Labute approximate surface area is 173 Å². The number of hydrogen-bond donors (Lipinski definition) is 1. The van der Waals surface area contributed by atoms with Gasteiger partial charge in [0.05, 0.1) is 23.0 Å². The predicted molar refractivity (Wildman–Crippen MR) is 102 cm³/mol. The van der Waals surface area contributed by atoms with Gasteiger partial charge in [-0.3, -0.25) is 9.69 Å². The molecule has 3 heterocycles. The number of aromatic nitrogens is 3. The van der Waals surface area contributed by atoms with Crippen molar-refractivity contribution in [1.82, 2.24) is 19.9 Å². The minimum absolute atomic E-state index is 0.201. The molecule has 0 aliphatic carbocycles. The van der Waals surface area contributed by atoms with Crippen molar-refractivity contribution in [3.05, 3.63) is 80.2 Å². The van der Waals surface area contributed by atoms with Crippen LogP contribution in [0.15, 0.2) is 41.3 Å². The maximum absolute atomic E-state index is 13.4. The summed E-state index contributed by atoms with van der Waals surface area (Å²) in [5.74, 6) is -0.272. The average Bonchev–Trinajstić information content (AvgIpc) is 2.70. The van der Waals surface area contributed by atoms with Crippen molar-refractivity contribution in [2.24, 2.45) is 0 Å². The zero-order chi connectivity index (χ0) is 21.5. The molecule has 0 saturated heterocycles. The quantitative estimate of drug-likeness (QED) is 0.492. The van der Waals surface area contributed by atoms with Gasteiger partial charge in [0.1, 0.15) is 16.8 Å². The monoisotopic (exact) mass is 438 g/mol. The highest BCUT2D eigenvalue weighted by Crippen LogP contribution is 2.30. The zero-order valence-corrected chi connectivity index (χ0v) is 16.2. The third-order valence-electron chi connectivity index (χ3n) is 4.91. The van der Waals surface area contributed by atoms with Crippen LogP contribution in [0.25, 0.3) is 11.4 Å². The van der Waals surface area contributed by atoms with Crippen molar-refractivity contribution in [1.29, 1.82) is 0 Å². The number of H-pyrrole nitrogens is 1. The highest BCUT2D eigenvalue weighted by Gasteiger charge is 2.30. The lowest BCUT2D eigenvalue weighted by atomic mass is 10.1. The molecule has 5 nitrogen and oxygen atoms in total. The van der Waals surface area contributed by atoms with E-state index in [9.17, 15) is 22.4 Å². The summed E-state index contributed by atoms with van der Waals surface area (Å²) in [5.41, 5.74) is 0.843. The molecule has 3 aromatic rings. The number of rotatable bonds is 3. The minimum atomic E-state index is -4.43. The fourth-order valence-corrected chi connectivity index (χ4v) is 3.55. The molecular weight excluding hydrogens is 424 g/mol. The number of halogens is 5. The number of nitrogens with zero attached hydrogens (tertiary/aromatic N) is 3. The third-order valence-corrected chi connectivity index (χ3v) is 5.25. The molecule has 0 unspecified atom stereocenters. The van der Waals surface area contributed by atoms with Gasteiger partial charge in [-0.05, 0) is 18.2 Å². The average molecular weight is 439 g/mol. The van der Waals surface area contributed by atoms with Crippen molar-refractivity contribution in [2.75, 3.05) is 6.54 Å². The molecule has 156 valence electrons. The number of pyridine rings is 1. The van der Waals surface area contributed by atoms with E-state index in [1.807, 2.05) is 4.90 Å². The number of hydrogen-bond acceptors (Lipinski definition) is 4. The van der Waals surface area contributed by atoms with Crippen LogP contribution in [-0.2, 0) is 25.7 Å². The molecule has 1 N–H and O–H groups in total. The predicted octanol–water partition coefficient (Wildman–Crippen LogP) is 4.20. The van der Waals surface area contributed by atoms with Gasteiger partial charge in [0.25, 0.3) is 5.56 Å². The Kier molecular flexibility index (Phi) is 5.33. The molecule has 0 radical (unpaired) electrons. The highest BCUT2D eigenvalue weighted by molar-refractivity contribution is 6.30. The zero-order valence-electron chi connectivity index (χ0n) is 15.4. The summed E-state index contributed by atoms with van der Waals surface area (Å²) >= 11 is 6.02. The van der Waals surface area contributed by atoms with Crippen molar-refractivity contribution in [3.63, 3.8) is 0 Å². The first-order chi connectivity index (χ1) is 14.2.